The van der Waals surface area contributed by atoms with Crippen LogP contribution in [-0.4, -0.2) is 22.0 Å². The van der Waals surface area contributed by atoms with E-state index in [1.54, 1.807) is 0 Å². The second-order valence-corrected chi connectivity index (χ2v) is 12.4. The Morgan fingerprint density at radius 1 is 0.556 bits per heavy atom. The molecule has 0 spiro atoms. The van der Waals surface area contributed by atoms with Crippen LogP contribution in [0.1, 0.15) is 90.9 Å². The minimum atomic E-state index is -2.48. The van der Waals surface area contributed by atoms with Crippen molar-refractivity contribution in [1.29, 1.82) is 0 Å². The molecule has 0 fully saturated rings. The van der Waals surface area contributed by atoms with Gasteiger partial charge in [0, 0.05) is 0 Å². The summed E-state index contributed by atoms with van der Waals surface area (Å²) in [6.45, 7) is 4.49. The van der Waals surface area contributed by atoms with Crippen LogP contribution in [-0.2, 0) is 0 Å². The Morgan fingerprint density at radius 3 is 1.28 bits per heavy atom. The monoisotopic (exact) mass is 360 g/mol. The van der Waals surface area contributed by atoms with Crippen LogP contribution in [0.4, 0.5) is 2.66 Å². The Morgan fingerprint density at radius 2 is 0.889 bits per heavy atom. The predicted octanol–water partition coefficient (Wildman–Crippen LogP) is 6.67. The predicted molar refractivity (Wildman–Crippen MR) is 83.2 cm³/mol. The van der Waals surface area contributed by atoms with Gasteiger partial charge in [-0.25, -0.2) is 0 Å². The van der Waals surface area contributed by atoms with Crippen molar-refractivity contribution in [3.8, 4) is 0 Å². The topological polar surface area (TPSA) is 0 Å². The standard InChI is InChI=1S/2C8H17.FH.In/c2*1-3-5-7-8-6-4-2;;/h2*1,3-8H2,2H3;1H;/q;;;+1/p-1. The quantitative estimate of drug-likeness (QED) is 0.304. The molecule has 108 valence electrons. The van der Waals surface area contributed by atoms with Gasteiger partial charge in [-0.1, -0.05) is 0 Å². The first kappa shape index (κ1) is 18.8. The van der Waals surface area contributed by atoms with Crippen LogP contribution in [0.15, 0.2) is 0 Å². The second-order valence-electron chi connectivity index (χ2n) is 5.71. The number of unbranched alkanes of at least 4 members (excludes halogenated alkanes) is 10. The van der Waals surface area contributed by atoms with E-state index in [-0.39, 0.29) is 0 Å². The molecule has 0 aliphatic rings. The van der Waals surface area contributed by atoms with Crippen molar-refractivity contribution in [2.45, 2.75) is 99.3 Å². The van der Waals surface area contributed by atoms with E-state index in [0.717, 1.165) is 8.35 Å². The van der Waals surface area contributed by atoms with Crippen molar-refractivity contribution in [3.05, 3.63) is 0 Å². The van der Waals surface area contributed by atoms with Crippen LogP contribution in [0.3, 0.4) is 0 Å². The second kappa shape index (κ2) is 15.9. The van der Waals surface area contributed by atoms with Gasteiger partial charge in [0.05, 0.1) is 0 Å². The van der Waals surface area contributed by atoms with E-state index in [1.807, 2.05) is 0 Å². The minimum absolute atomic E-state index is 1.02. The normalized spacial score (nSPS) is 10.8. The Labute approximate surface area is 124 Å². The van der Waals surface area contributed by atoms with Crippen LogP contribution >= 0.6 is 0 Å². The number of halogens is 1. The zero-order valence-electron chi connectivity index (χ0n) is 12.9. The van der Waals surface area contributed by atoms with E-state index in [1.165, 1.54) is 77.0 Å². The molecular weight excluding hydrogens is 326 g/mol. The summed E-state index contributed by atoms with van der Waals surface area (Å²) in [7, 11) is 0. The molecule has 0 bridgehead atoms. The molecule has 18 heavy (non-hydrogen) atoms. The molecular formula is C16H34FIn. The summed E-state index contributed by atoms with van der Waals surface area (Å²) in [6.07, 6.45) is 15.7. The molecule has 0 aromatic carbocycles. The van der Waals surface area contributed by atoms with E-state index in [0.29, 0.717) is 0 Å². The van der Waals surface area contributed by atoms with E-state index < -0.39 is 22.0 Å². The molecule has 0 atom stereocenters. The van der Waals surface area contributed by atoms with Gasteiger partial charge in [-0.05, 0) is 0 Å². The number of hydrogen-bond acceptors (Lipinski definition) is 0. The Bertz CT molecular complexity index is 134. The molecule has 2 heteroatoms. The van der Waals surface area contributed by atoms with E-state index >= 15 is 0 Å². The average molecular weight is 360 g/mol. The zero-order valence-corrected chi connectivity index (χ0v) is 16.2. The fraction of sp³-hybridized carbons (Fsp3) is 1.00. The molecule has 0 aromatic rings. The van der Waals surface area contributed by atoms with Crippen molar-refractivity contribution in [3.63, 3.8) is 0 Å². The van der Waals surface area contributed by atoms with E-state index in [9.17, 15) is 2.66 Å². The van der Waals surface area contributed by atoms with Crippen molar-refractivity contribution < 1.29 is 2.66 Å². The maximum absolute atomic E-state index is 13.8. The van der Waals surface area contributed by atoms with Gasteiger partial charge in [-0.2, -0.15) is 0 Å². The SMILES string of the molecule is CCCCCCC[CH2][In]([F])[CH2]CCCCCCC. The number of hydrogen-bond donors (Lipinski definition) is 0. The first-order chi connectivity index (χ1) is 8.81. The van der Waals surface area contributed by atoms with Crippen LogP contribution in [0.25, 0.3) is 0 Å². The Kier molecular flexibility index (Phi) is 16.6. The van der Waals surface area contributed by atoms with Crippen molar-refractivity contribution >= 4 is 22.0 Å². The van der Waals surface area contributed by atoms with E-state index in [4.69, 9.17) is 0 Å². The molecule has 0 aliphatic heterocycles. The molecule has 0 unspecified atom stereocenters. The summed E-state index contributed by atoms with van der Waals surface area (Å²) in [5.74, 6) is 0. The van der Waals surface area contributed by atoms with Crippen molar-refractivity contribution in [2.24, 2.45) is 0 Å². The van der Waals surface area contributed by atoms with Gasteiger partial charge in [-0.15, -0.1) is 0 Å². The Hall–Kier alpha value is 0.800. The summed E-state index contributed by atoms with van der Waals surface area (Å²) in [5, 5.41) is 0. The fourth-order valence-electron chi connectivity index (χ4n) is 2.44. The molecule has 0 saturated heterocycles. The summed E-state index contributed by atoms with van der Waals surface area (Å²) in [5.41, 5.74) is 0. The molecule has 0 rings (SSSR count). The summed E-state index contributed by atoms with van der Waals surface area (Å²) >= 11 is -2.48. The summed E-state index contributed by atoms with van der Waals surface area (Å²) in [6, 6.07) is 0. The Balaban J connectivity index is 3.10. The third-order valence-corrected chi connectivity index (χ3v) is 9.65. The molecule has 0 aromatic heterocycles. The van der Waals surface area contributed by atoms with Gasteiger partial charge < -0.3 is 0 Å². The number of rotatable bonds is 14. The third kappa shape index (κ3) is 14.9. The van der Waals surface area contributed by atoms with Crippen LogP contribution in [0.2, 0.25) is 8.35 Å². The molecule has 0 heterocycles. The molecule has 0 amide bonds. The fourth-order valence-corrected chi connectivity index (χ4v) is 7.44. The third-order valence-electron chi connectivity index (χ3n) is 3.74. The van der Waals surface area contributed by atoms with Gasteiger partial charge in [0.15, 0.2) is 0 Å². The molecule has 0 saturated carbocycles. The first-order valence-corrected chi connectivity index (χ1v) is 14.4. The molecule has 0 radical (unpaired) electrons. The van der Waals surface area contributed by atoms with Crippen molar-refractivity contribution in [1.82, 2.24) is 0 Å². The summed E-state index contributed by atoms with van der Waals surface area (Å²) in [4.78, 5) is 0. The van der Waals surface area contributed by atoms with Crippen LogP contribution < -0.4 is 0 Å². The molecule has 0 N–H and O–H groups in total. The first-order valence-electron chi connectivity index (χ1n) is 8.45. The van der Waals surface area contributed by atoms with Gasteiger partial charge in [-0.3, -0.25) is 0 Å². The molecule has 0 nitrogen and oxygen atoms in total. The van der Waals surface area contributed by atoms with Gasteiger partial charge >= 0.3 is 124 Å². The van der Waals surface area contributed by atoms with Crippen LogP contribution in [0.5, 0.6) is 0 Å². The van der Waals surface area contributed by atoms with Gasteiger partial charge in [0.25, 0.3) is 0 Å². The van der Waals surface area contributed by atoms with Crippen molar-refractivity contribution in [2.75, 3.05) is 0 Å². The summed E-state index contributed by atoms with van der Waals surface area (Å²) < 4.78 is 15.8. The van der Waals surface area contributed by atoms with E-state index in [2.05, 4.69) is 13.8 Å². The molecule has 0 aliphatic carbocycles. The maximum atomic E-state index is 13.8. The van der Waals surface area contributed by atoms with Gasteiger partial charge in [0.2, 0.25) is 0 Å². The van der Waals surface area contributed by atoms with Crippen LogP contribution in [0, 0.1) is 0 Å². The van der Waals surface area contributed by atoms with Gasteiger partial charge in [0.1, 0.15) is 0 Å². The zero-order chi connectivity index (χ0) is 13.5. The average Bonchev–Trinajstić information content (AvgIpc) is 2.38.